The molecule has 1 atom stereocenters. The molecule has 1 aromatic heterocycles. The van der Waals surface area contributed by atoms with Crippen molar-refractivity contribution in [3.05, 3.63) is 40.8 Å². The van der Waals surface area contributed by atoms with Crippen molar-refractivity contribution < 1.29 is 17.7 Å². The summed E-state index contributed by atoms with van der Waals surface area (Å²) in [5.74, 6) is -0.0781. The summed E-state index contributed by atoms with van der Waals surface area (Å²) in [5, 5.41) is 6.59. The van der Waals surface area contributed by atoms with Crippen LogP contribution in [0.3, 0.4) is 0 Å². The molecular formula is C18H23N3O4S. The molecule has 3 rings (SSSR count). The number of hydrogen-bond acceptors (Lipinski definition) is 5. The van der Waals surface area contributed by atoms with E-state index in [0.717, 1.165) is 11.1 Å². The SMILES string of the molecule is Cc1cc(C)cc(NC(=O)[C@H]2CCCN2S(=O)(=O)c2c(C)noc2C)c1. The van der Waals surface area contributed by atoms with Crippen molar-refractivity contribution in [2.45, 2.75) is 51.5 Å². The molecule has 0 unspecified atom stereocenters. The Hall–Kier alpha value is -2.19. The van der Waals surface area contributed by atoms with E-state index >= 15 is 0 Å². The summed E-state index contributed by atoms with van der Waals surface area (Å²) in [6.45, 7) is 7.35. The Balaban J connectivity index is 1.87. The molecule has 26 heavy (non-hydrogen) atoms. The summed E-state index contributed by atoms with van der Waals surface area (Å²) in [6, 6.07) is 5.01. The minimum atomic E-state index is -3.84. The average Bonchev–Trinajstić information content (AvgIpc) is 3.13. The number of aryl methyl sites for hydroxylation is 4. The van der Waals surface area contributed by atoms with Crippen molar-refractivity contribution in [3.8, 4) is 0 Å². The third-order valence-corrected chi connectivity index (χ3v) is 6.68. The summed E-state index contributed by atoms with van der Waals surface area (Å²) in [6.07, 6.45) is 1.12. The van der Waals surface area contributed by atoms with Gasteiger partial charge in [0.2, 0.25) is 15.9 Å². The van der Waals surface area contributed by atoms with Gasteiger partial charge in [0.05, 0.1) is 0 Å². The summed E-state index contributed by atoms with van der Waals surface area (Å²) < 4.78 is 32.4. The van der Waals surface area contributed by atoms with Crippen LogP contribution in [0.2, 0.25) is 0 Å². The molecule has 2 aromatic rings. The molecule has 1 aliphatic rings. The maximum absolute atomic E-state index is 13.1. The van der Waals surface area contributed by atoms with Crippen LogP contribution in [0.25, 0.3) is 0 Å². The number of nitrogens with one attached hydrogen (secondary N) is 1. The van der Waals surface area contributed by atoms with E-state index in [1.807, 2.05) is 32.0 Å². The Labute approximate surface area is 153 Å². The normalized spacial score (nSPS) is 18.2. The van der Waals surface area contributed by atoms with E-state index in [2.05, 4.69) is 10.5 Å². The highest BCUT2D eigenvalue weighted by Gasteiger charge is 2.41. The lowest BCUT2D eigenvalue weighted by Gasteiger charge is -2.23. The molecule has 1 amide bonds. The third-order valence-electron chi connectivity index (χ3n) is 4.53. The van der Waals surface area contributed by atoms with Gasteiger partial charge in [-0.25, -0.2) is 8.42 Å². The van der Waals surface area contributed by atoms with E-state index in [1.165, 1.54) is 4.31 Å². The second-order valence-corrected chi connectivity index (χ2v) is 8.62. The fraction of sp³-hybridized carbons (Fsp3) is 0.444. The molecule has 1 N–H and O–H groups in total. The van der Waals surface area contributed by atoms with Crippen molar-refractivity contribution in [2.75, 3.05) is 11.9 Å². The Morgan fingerprint density at radius 1 is 1.19 bits per heavy atom. The van der Waals surface area contributed by atoms with E-state index in [-0.39, 0.29) is 16.6 Å². The first-order valence-corrected chi connectivity index (χ1v) is 9.98. The number of hydrogen-bond donors (Lipinski definition) is 1. The maximum atomic E-state index is 13.1. The molecule has 140 valence electrons. The van der Waals surface area contributed by atoms with Gasteiger partial charge in [0.25, 0.3) is 0 Å². The molecule has 2 heterocycles. The zero-order valence-corrected chi connectivity index (χ0v) is 16.2. The molecule has 0 saturated carbocycles. The van der Waals surface area contributed by atoms with Crippen molar-refractivity contribution in [3.63, 3.8) is 0 Å². The van der Waals surface area contributed by atoms with Crippen LogP contribution in [0.5, 0.6) is 0 Å². The summed E-state index contributed by atoms with van der Waals surface area (Å²) in [7, 11) is -3.84. The number of amides is 1. The minimum absolute atomic E-state index is 0.0589. The number of carbonyl (C=O) groups excluding carboxylic acids is 1. The van der Waals surface area contributed by atoms with E-state index in [0.29, 0.717) is 30.8 Å². The van der Waals surface area contributed by atoms with Gasteiger partial charge in [-0.15, -0.1) is 0 Å². The largest absolute Gasteiger partial charge is 0.360 e. The van der Waals surface area contributed by atoms with Crippen LogP contribution >= 0.6 is 0 Å². The first-order valence-electron chi connectivity index (χ1n) is 8.54. The monoisotopic (exact) mass is 377 g/mol. The molecule has 1 fully saturated rings. The van der Waals surface area contributed by atoms with Crippen LogP contribution in [0, 0.1) is 27.7 Å². The molecule has 0 radical (unpaired) electrons. The van der Waals surface area contributed by atoms with Gasteiger partial charge in [0.15, 0.2) is 5.76 Å². The zero-order valence-electron chi connectivity index (χ0n) is 15.4. The van der Waals surface area contributed by atoms with Gasteiger partial charge in [0.1, 0.15) is 16.6 Å². The quantitative estimate of drug-likeness (QED) is 0.884. The van der Waals surface area contributed by atoms with E-state index in [9.17, 15) is 13.2 Å². The average molecular weight is 377 g/mol. The van der Waals surface area contributed by atoms with Crippen LogP contribution in [-0.4, -0.2) is 36.4 Å². The van der Waals surface area contributed by atoms with Crippen LogP contribution in [0.1, 0.15) is 35.4 Å². The van der Waals surface area contributed by atoms with E-state index in [1.54, 1.807) is 13.8 Å². The molecule has 1 aromatic carbocycles. The van der Waals surface area contributed by atoms with Crippen molar-refractivity contribution >= 4 is 21.6 Å². The van der Waals surface area contributed by atoms with Crippen LogP contribution in [-0.2, 0) is 14.8 Å². The molecule has 0 aliphatic carbocycles. The standard InChI is InChI=1S/C18H23N3O4S/c1-11-8-12(2)10-15(9-11)19-18(22)16-6-5-7-21(16)26(23,24)17-13(3)20-25-14(17)4/h8-10,16H,5-7H2,1-4H3,(H,19,22)/t16-/m1/s1. The molecule has 1 aliphatic heterocycles. The van der Waals surface area contributed by atoms with Gasteiger partial charge in [-0.2, -0.15) is 4.31 Å². The van der Waals surface area contributed by atoms with Crippen LogP contribution in [0.15, 0.2) is 27.6 Å². The van der Waals surface area contributed by atoms with E-state index < -0.39 is 16.1 Å². The molecule has 0 spiro atoms. The Kier molecular flexibility index (Phi) is 4.90. The fourth-order valence-electron chi connectivity index (χ4n) is 3.52. The predicted octanol–water partition coefficient (Wildman–Crippen LogP) is 2.70. The predicted molar refractivity (Wildman–Crippen MR) is 97.4 cm³/mol. The highest BCUT2D eigenvalue weighted by atomic mass is 32.2. The van der Waals surface area contributed by atoms with Crippen LogP contribution < -0.4 is 5.32 Å². The van der Waals surface area contributed by atoms with Crippen molar-refractivity contribution in [1.82, 2.24) is 9.46 Å². The second kappa shape index (κ2) is 6.85. The Morgan fingerprint density at radius 3 is 2.42 bits per heavy atom. The van der Waals surface area contributed by atoms with Crippen LogP contribution in [0.4, 0.5) is 5.69 Å². The number of benzene rings is 1. The smallest absolute Gasteiger partial charge is 0.249 e. The molecule has 7 nitrogen and oxygen atoms in total. The first kappa shape index (κ1) is 18.6. The van der Waals surface area contributed by atoms with Gasteiger partial charge < -0.3 is 9.84 Å². The summed E-state index contributed by atoms with van der Waals surface area (Å²) in [4.78, 5) is 12.8. The number of rotatable bonds is 4. The lowest BCUT2D eigenvalue weighted by molar-refractivity contribution is -0.119. The van der Waals surface area contributed by atoms with Gasteiger partial charge in [-0.3, -0.25) is 4.79 Å². The van der Waals surface area contributed by atoms with E-state index in [4.69, 9.17) is 4.52 Å². The first-order chi connectivity index (χ1) is 12.2. The molecule has 0 bridgehead atoms. The lowest BCUT2D eigenvalue weighted by atomic mass is 10.1. The fourth-order valence-corrected chi connectivity index (χ4v) is 5.47. The number of nitrogens with zero attached hydrogens (tertiary/aromatic N) is 2. The molecule has 1 saturated heterocycles. The molecular weight excluding hydrogens is 354 g/mol. The minimum Gasteiger partial charge on any atom is -0.360 e. The second-order valence-electron chi connectivity index (χ2n) is 6.79. The topological polar surface area (TPSA) is 92.5 Å². The molecule has 8 heteroatoms. The number of aromatic nitrogens is 1. The highest BCUT2D eigenvalue weighted by molar-refractivity contribution is 7.89. The van der Waals surface area contributed by atoms with Gasteiger partial charge in [0, 0.05) is 12.2 Å². The maximum Gasteiger partial charge on any atom is 0.249 e. The van der Waals surface area contributed by atoms with Gasteiger partial charge >= 0.3 is 0 Å². The highest BCUT2D eigenvalue weighted by Crippen LogP contribution is 2.30. The van der Waals surface area contributed by atoms with Crippen molar-refractivity contribution in [1.29, 1.82) is 0 Å². The Bertz CT molecular complexity index is 910. The third kappa shape index (κ3) is 3.39. The summed E-state index contributed by atoms with van der Waals surface area (Å²) >= 11 is 0. The summed E-state index contributed by atoms with van der Waals surface area (Å²) in [5.41, 5.74) is 3.05. The van der Waals surface area contributed by atoms with Gasteiger partial charge in [-0.05, 0) is 63.8 Å². The number of sulfonamides is 1. The Morgan fingerprint density at radius 2 is 1.85 bits per heavy atom. The van der Waals surface area contributed by atoms with Gasteiger partial charge in [-0.1, -0.05) is 11.2 Å². The number of carbonyl (C=O) groups is 1. The van der Waals surface area contributed by atoms with Crippen molar-refractivity contribution in [2.24, 2.45) is 0 Å². The number of anilines is 1. The zero-order chi connectivity index (χ0) is 19.1. The lowest BCUT2D eigenvalue weighted by Crippen LogP contribution is -2.43.